The second-order valence-corrected chi connectivity index (χ2v) is 5.50. The summed E-state index contributed by atoms with van der Waals surface area (Å²) in [7, 11) is 0. The standard InChI is InChI=1S/C13H14BrNO3/c1-7-4-8(2-3-11(7)14)12(16)15-10-5-9(6-10)13(17)18/h2-4,9-10H,5-6H2,1H3,(H,15,16)(H,17,18). The fourth-order valence-corrected chi connectivity index (χ4v) is 2.24. The van der Waals surface area contributed by atoms with Crippen LogP contribution in [-0.2, 0) is 4.79 Å². The molecule has 1 saturated carbocycles. The SMILES string of the molecule is Cc1cc(C(=O)NC2CC(C(=O)O)C2)ccc1Br. The number of carboxylic acid groups (broad SMARTS) is 1. The summed E-state index contributed by atoms with van der Waals surface area (Å²) < 4.78 is 0.966. The van der Waals surface area contributed by atoms with Gasteiger partial charge < -0.3 is 10.4 Å². The van der Waals surface area contributed by atoms with E-state index < -0.39 is 5.97 Å². The molecule has 4 nitrogen and oxygen atoms in total. The molecule has 96 valence electrons. The molecule has 0 aromatic heterocycles. The van der Waals surface area contributed by atoms with E-state index in [4.69, 9.17) is 5.11 Å². The average molecular weight is 312 g/mol. The monoisotopic (exact) mass is 311 g/mol. The van der Waals surface area contributed by atoms with Crippen LogP contribution in [0.5, 0.6) is 0 Å². The molecule has 0 atom stereocenters. The normalized spacial score (nSPS) is 22.1. The van der Waals surface area contributed by atoms with Crippen LogP contribution in [0, 0.1) is 12.8 Å². The van der Waals surface area contributed by atoms with Crippen molar-refractivity contribution in [2.75, 3.05) is 0 Å². The smallest absolute Gasteiger partial charge is 0.306 e. The highest BCUT2D eigenvalue weighted by atomic mass is 79.9. The number of rotatable bonds is 3. The van der Waals surface area contributed by atoms with Crippen molar-refractivity contribution < 1.29 is 14.7 Å². The summed E-state index contributed by atoms with van der Waals surface area (Å²) in [6, 6.07) is 5.39. The third-order valence-corrected chi connectivity index (χ3v) is 4.13. The lowest BCUT2D eigenvalue weighted by Gasteiger charge is -2.32. The second-order valence-electron chi connectivity index (χ2n) is 4.64. The van der Waals surface area contributed by atoms with Gasteiger partial charge in [-0.25, -0.2) is 0 Å². The maximum Gasteiger partial charge on any atom is 0.306 e. The molecule has 1 aliphatic rings. The Morgan fingerprint density at radius 2 is 2.06 bits per heavy atom. The zero-order valence-electron chi connectivity index (χ0n) is 9.94. The van der Waals surface area contributed by atoms with Gasteiger partial charge >= 0.3 is 5.97 Å². The molecule has 18 heavy (non-hydrogen) atoms. The van der Waals surface area contributed by atoms with Crippen molar-refractivity contribution in [2.45, 2.75) is 25.8 Å². The van der Waals surface area contributed by atoms with E-state index in [2.05, 4.69) is 21.2 Å². The molecule has 5 heteroatoms. The predicted octanol–water partition coefficient (Wildman–Crippen LogP) is 2.35. The van der Waals surface area contributed by atoms with Gasteiger partial charge in [0.25, 0.3) is 5.91 Å². The van der Waals surface area contributed by atoms with Gasteiger partial charge in [0.05, 0.1) is 5.92 Å². The molecule has 0 saturated heterocycles. The minimum absolute atomic E-state index is 0.0115. The number of halogens is 1. The van der Waals surface area contributed by atoms with Crippen LogP contribution in [0.25, 0.3) is 0 Å². The maximum absolute atomic E-state index is 11.9. The molecule has 1 amide bonds. The Bertz CT molecular complexity index is 495. The molecule has 0 radical (unpaired) electrons. The second kappa shape index (κ2) is 5.10. The fraction of sp³-hybridized carbons (Fsp3) is 0.385. The van der Waals surface area contributed by atoms with Crippen molar-refractivity contribution in [3.05, 3.63) is 33.8 Å². The molecule has 1 fully saturated rings. The molecule has 0 bridgehead atoms. The summed E-state index contributed by atoms with van der Waals surface area (Å²) in [5.41, 5.74) is 1.61. The maximum atomic E-state index is 11.9. The Hall–Kier alpha value is -1.36. The number of amides is 1. The van der Waals surface area contributed by atoms with E-state index in [-0.39, 0.29) is 17.9 Å². The lowest BCUT2D eigenvalue weighted by atomic mass is 9.80. The van der Waals surface area contributed by atoms with E-state index in [9.17, 15) is 9.59 Å². The van der Waals surface area contributed by atoms with Crippen LogP contribution in [0.4, 0.5) is 0 Å². The molecule has 2 rings (SSSR count). The number of carbonyl (C=O) groups is 2. The van der Waals surface area contributed by atoms with Crippen LogP contribution in [0.3, 0.4) is 0 Å². The quantitative estimate of drug-likeness (QED) is 0.900. The fourth-order valence-electron chi connectivity index (χ4n) is 1.99. The van der Waals surface area contributed by atoms with Crippen molar-refractivity contribution in [3.63, 3.8) is 0 Å². The summed E-state index contributed by atoms with van der Waals surface area (Å²) >= 11 is 3.38. The summed E-state index contributed by atoms with van der Waals surface area (Å²) in [6.07, 6.45) is 1.05. The first-order valence-corrected chi connectivity index (χ1v) is 6.56. The van der Waals surface area contributed by atoms with E-state index in [1.165, 1.54) is 0 Å². The van der Waals surface area contributed by atoms with E-state index >= 15 is 0 Å². The van der Waals surface area contributed by atoms with Crippen LogP contribution in [-0.4, -0.2) is 23.0 Å². The number of hydrogen-bond acceptors (Lipinski definition) is 2. The lowest BCUT2D eigenvalue weighted by molar-refractivity contribution is -0.145. The number of aliphatic carboxylic acids is 1. The molecule has 1 aromatic rings. The number of aryl methyl sites for hydroxylation is 1. The molecular weight excluding hydrogens is 298 g/mol. The highest BCUT2D eigenvalue weighted by Gasteiger charge is 2.35. The first kappa shape index (κ1) is 13.1. The van der Waals surface area contributed by atoms with Gasteiger partial charge in [0.1, 0.15) is 0 Å². The predicted molar refractivity (Wildman–Crippen MR) is 70.5 cm³/mol. The first-order valence-electron chi connectivity index (χ1n) is 5.77. The van der Waals surface area contributed by atoms with Gasteiger partial charge in [-0.1, -0.05) is 15.9 Å². The van der Waals surface area contributed by atoms with Crippen LogP contribution in [0.15, 0.2) is 22.7 Å². The van der Waals surface area contributed by atoms with E-state index in [1.54, 1.807) is 6.07 Å². The third kappa shape index (κ3) is 2.72. The molecule has 2 N–H and O–H groups in total. The summed E-state index contributed by atoms with van der Waals surface area (Å²) in [5.74, 6) is -1.22. The highest BCUT2D eigenvalue weighted by molar-refractivity contribution is 9.10. The number of hydrogen-bond donors (Lipinski definition) is 2. The number of carboxylic acids is 1. The molecular formula is C13H14BrNO3. The van der Waals surface area contributed by atoms with Crippen LogP contribution in [0.2, 0.25) is 0 Å². The number of carbonyl (C=O) groups excluding carboxylic acids is 1. The van der Waals surface area contributed by atoms with Crippen molar-refractivity contribution in [1.82, 2.24) is 5.32 Å². The highest BCUT2D eigenvalue weighted by Crippen LogP contribution is 2.27. The van der Waals surface area contributed by atoms with E-state index in [0.717, 1.165) is 10.0 Å². The van der Waals surface area contributed by atoms with Gasteiger partial charge in [0.15, 0.2) is 0 Å². The number of nitrogens with one attached hydrogen (secondary N) is 1. The van der Waals surface area contributed by atoms with E-state index in [1.807, 2.05) is 19.1 Å². The van der Waals surface area contributed by atoms with Gasteiger partial charge in [0, 0.05) is 16.1 Å². The minimum Gasteiger partial charge on any atom is -0.481 e. The van der Waals surface area contributed by atoms with Gasteiger partial charge in [-0.2, -0.15) is 0 Å². The summed E-state index contributed by atoms with van der Waals surface area (Å²) in [6.45, 7) is 1.92. The summed E-state index contributed by atoms with van der Waals surface area (Å²) in [5, 5.41) is 11.6. The molecule has 0 aliphatic heterocycles. The Morgan fingerprint density at radius 1 is 1.39 bits per heavy atom. The van der Waals surface area contributed by atoms with Gasteiger partial charge in [-0.05, 0) is 43.5 Å². The number of benzene rings is 1. The Kier molecular flexibility index (Phi) is 3.71. The molecule has 0 spiro atoms. The van der Waals surface area contributed by atoms with Gasteiger partial charge in [-0.3, -0.25) is 9.59 Å². The first-order chi connectivity index (χ1) is 8.47. The largest absolute Gasteiger partial charge is 0.481 e. The zero-order chi connectivity index (χ0) is 13.3. The van der Waals surface area contributed by atoms with Crippen molar-refractivity contribution in [1.29, 1.82) is 0 Å². The third-order valence-electron chi connectivity index (χ3n) is 3.24. The zero-order valence-corrected chi connectivity index (χ0v) is 11.5. The topological polar surface area (TPSA) is 66.4 Å². The average Bonchev–Trinajstić information content (AvgIpc) is 2.25. The Labute approximate surface area is 114 Å². The van der Waals surface area contributed by atoms with Gasteiger partial charge in [0.2, 0.25) is 0 Å². The van der Waals surface area contributed by atoms with Crippen molar-refractivity contribution in [2.24, 2.45) is 5.92 Å². The lowest BCUT2D eigenvalue weighted by Crippen LogP contribution is -2.46. The van der Waals surface area contributed by atoms with Crippen molar-refractivity contribution >= 4 is 27.8 Å². The molecule has 1 aromatic carbocycles. The van der Waals surface area contributed by atoms with Gasteiger partial charge in [-0.15, -0.1) is 0 Å². The summed E-state index contributed by atoms with van der Waals surface area (Å²) in [4.78, 5) is 22.6. The Balaban J connectivity index is 1.93. The van der Waals surface area contributed by atoms with Crippen molar-refractivity contribution in [3.8, 4) is 0 Å². The van der Waals surface area contributed by atoms with E-state index in [0.29, 0.717) is 18.4 Å². The van der Waals surface area contributed by atoms with Crippen LogP contribution < -0.4 is 5.32 Å². The molecule has 1 aliphatic carbocycles. The molecule has 0 unspecified atom stereocenters. The van der Waals surface area contributed by atoms with Crippen LogP contribution in [0.1, 0.15) is 28.8 Å². The minimum atomic E-state index is -0.778. The Morgan fingerprint density at radius 3 is 2.61 bits per heavy atom. The molecule has 0 heterocycles. The van der Waals surface area contributed by atoms with Crippen LogP contribution >= 0.6 is 15.9 Å².